The van der Waals surface area contributed by atoms with Crippen LogP contribution in [0.25, 0.3) is 0 Å². The number of aromatic nitrogens is 1. The topological polar surface area (TPSA) is 72.5 Å². The maximum atomic E-state index is 12.4. The maximum absolute atomic E-state index is 12.4. The number of nitrogens with one attached hydrogen (secondary N) is 2. The van der Waals surface area contributed by atoms with Crippen molar-refractivity contribution in [3.8, 4) is 11.5 Å². The number of carbonyl (C=O) groups excluding carboxylic acids is 1. The first-order chi connectivity index (χ1) is 14.0. The number of aryl methyl sites for hydroxylation is 2. The third kappa shape index (κ3) is 5.25. The Labute approximate surface area is 170 Å². The molecule has 29 heavy (non-hydrogen) atoms. The first-order valence-electron chi connectivity index (χ1n) is 9.29. The van der Waals surface area contributed by atoms with Crippen LogP contribution < -0.4 is 20.1 Å². The van der Waals surface area contributed by atoms with Crippen molar-refractivity contribution >= 4 is 23.1 Å². The van der Waals surface area contributed by atoms with E-state index >= 15 is 0 Å². The van der Waals surface area contributed by atoms with E-state index in [2.05, 4.69) is 40.7 Å². The van der Waals surface area contributed by atoms with E-state index in [1.54, 1.807) is 32.5 Å². The molecular formula is C23H25N3O3. The fourth-order valence-corrected chi connectivity index (χ4v) is 2.93. The number of hydrogen-bond donors (Lipinski definition) is 2. The lowest BCUT2D eigenvalue weighted by Gasteiger charge is -2.11. The van der Waals surface area contributed by atoms with Gasteiger partial charge in [-0.2, -0.15) is 0 Å². The Balaban J connectivity index is 1.62. The predicted molar refractivity (Wildman–Crippen MR) is 115 cm³/mol. The molecule has 2 N–H and O–H groups in total. The van der Waals surface area contributed by atoms with Gasteiger partial charge < -0.3 is 20.1 Å². The minimum atomic E-state index is -0.130. The van der Waals surface area contributed by atoms with Gasteiger partial charge in [0.1, 0.15) is 5.82 Å². The molecule has 0 spiro atoms. The number of nitrogens with zero attached hydrogens (tertiary/aromatic N) is 1. The normalized spacial score (nSPS) is 10.3. The fraction of sp³-hybridized carbons (Fsp3) is 0.217. The van der Waals surface area contributed by atoms with Gasteiger partial charge in [-0.05, 0) is 60.9 Å². The van der Waals surface area contributed by atoms with Crippen molar-refractivity contribution in [2.24, 2.45) is 0 Å². The van der Waals surface area contributed by atoms with Gasteiger partial charge in [-0.1, -0.05) is 18.2 Å². The highest BCUT2D eigenvalue weighted by atomic mass is 16.5. The summed E-state index contributed by atoms with van der Waals surface area (Å²) in [5, 5.41) is 6.17. The van der Waals surface area contributed by atoms with Crippen LogP contribution in [0, 0.1) is 13.8 Å². The van der Waals surface area contributed by atoms with E-state index in [9.17, 15) is 4.79 Å². The molecule has 1 heterocycles. The Morgan fingerprint density at radius 3 is 2.45 bits per heavy atom. The van der Waals surface area contributed by atoms with Crippen molar-refractivity contribution in [2.75, 3.05) is 24.9 Å². The van der Waals surface area contributed by atoms with Gasteiger partial charge in [-0.15, -0.1) is 0 Å². The van der Waals surface area contributed by atoms with Crippen LogP contribution in [-0.4, -0.2) is 25.1 Å². The van der Waals surface area contributed by atoms with Crippen LogP contribution in [0.4, 0.5) is 17.2 Å². The highest BCUT2D eigenvalue weighted by Crippen LogP contribution is 2.28. The van der Waals surface area contributed by atoms with Gasteiger partial charge in [0, 0.05) is 5.69 Å². The quantitative estimate of drug-likeness (QED) is 0.614. The van der Waals surface area contributed by atoms with Gasteiger partial charge in [-0.3, -0.25) is 4.79 Å². The molecule has 0 atom stereocenters. The lowest BCUT2D eigenvalue weighted by Crippen LogP contribution is -2.14. The molecular weight excluding hydrogens is 366 g/mol. The van der Waals surface area contributed by atoms with Gasteiger partial charge in [0.15, 0.2) is 11.5 Å². The van der Waals surface area contributed by atoms with E-state index in [0.717, 1.165) is 22.6 Å². The van der Waals surface area contributed by atoms with Crippen molar-refractivity contribution in [2.45, 2.75) is 20.3 Å². The summed E-state index contributed by atoms with van der Waals surface area (Å²) < 4.78 is 10.5. The molecule has 0 radical (unpaired) electrons. The number of hydrogen-bond acceptors (Lipinski definition) is 5. The molecule has 3 rings (SSSR count). The number of benzene rings is 2. The van der Waals surface area contributed by atoms with Gasteiger partial charge in [-0.25, -0.2) is 4.98 Å². The number of anilines is 3. The Hall–Kier alpha value is -3.54. The zero-order valence-electron chi connectivity index (χ0n) is 17.1. The van der Waals surface area contributed by atoms with Crippen molar-refractivity contribution in [3.05, 3.63) is 71.4 Å². The van der Waals surface area contributed by atoms with E-state index in [-0.39, 0.29) is 12.3 Å². The third-order valence-electron chi connectivity index (χ3n) is 4.52. The predicted octanol–water partition coefficient (Wildman–Crippen LogP) is 4.64. The van der Waals surface area contributed by atoms with E-state index < -0.39 is 0 Å². The summed E-state index contributed by atoms with van der Waals surface area (Å²) >= 11 is 0. The monoisotopic (exact) mass is 391 g/mol. The van der Waals surface area contributed by atoms with Crippen LogP contribution in [0.15, 0.2) is 54.7 Å². The molecule has 6 nitrogen and oxygen atoms in total. The second-order valence-corrected chi connectivity index (χ2v) is 6.79. The minimum Gasteiger partial charge on any atom is -0.493 e. The lowest BCUT2D eigenvalue weighted by molar-refractivity contribution is -0.115. The standard InChI is InChI=1S/C23H25N3O3/c1-15-5-6-16(2)19(11-15)26-22-10-8-18(14-24-22)25-23(27)13-17-7-9-20(28-3)21(12-17)29-4/h5-12,14H,13H2,1-4H3,(H,24,26)(H,25,27). The molecule has 150 valence electrons. The van der Waals surface area contributed by atoms with Gasteiger partial charge >= 0.3 is 0 Å². The fourth-order valence-electron chi connectivity index (χ4n) is 2.93. The van der Waals surface area contributed by atoms with Crippen molar-refractivity contribution in [1.82, 2.24) is 4.98 Å². The molecule has 0 saturated carbocycles. The summed E-state index contributed by atoms with van der Waals surface area (Å²) in [6.07, 6.45) is 1.86. The average Bonchev–Trinajstić information content (AvgIpc) is 2.72. The minimum absolute atomic E-state index is 0.130. The lowest BCUT2D eigenvalue weighted by atomic mass is 10.1. The number of methoxy groups -OCH3 is 2. The number of pyridine rings is 1. The summed E-state index contributed by atoms with van der Waals surface area (Å²) in [6.45, 7) is 4.10. The highest BCUT2D eigenvalue weighted by molar-refractivity contribution is 5.92. The van der Waals surface area contributed by atoms with Gasteiger partial charge in [0.2, 0.25) is 5.91 Å². The second-order valence-electron chi connectivity index (χ2n) is 6.79. The molecule has 0 unspecified atom stereocenters. The number of carbonyl (C=O) groups is 1. The van der Waals surface area contributed by atoms with Gasteiger partial charge in [0.05, 0.1) is 32.5 Å². The first-order valence-corrected chi connectivity index (χ1v) is 9.29. The van der Waals surface area contributed by atoms with E-state index in [1.807, 2.05) is 25.1 Å². The number of amides is 1. The summed E-state index contributed by atoms with van der Waals surface area (Å²) in [6, 6.07) is 15.3. The number of rotatable bonds is 7. The van der Waals surface area contributed by atoms with Crippen molar-refractivity contribution in [3.63, 3.8) is 0 Å². The van der Waals surface area contributed by atoms with Crippen LogP contribution in [0.1, 0.15) is 16.7 Å². The van der Waals surface area contributed by atoms with E-state index in [4.69, 9.17) is 9.47 Å². The Bertz CT molecular complexity index is 1000. The summed E-state index contributed by atoms with van der Waals surface area (Å²) in [5.74, 6) is 1.82. The van der Waals surface area contributed by atoms with Gasteiger partial charge in [0.25, 0.3) is 0 Å². The molecule has 0 aliphatic rings. The number of ether oxygens (including phenoxy) is 2. The zero-order valence-corrected chi connectivity index (χ0v) is 17.1. The highest BCUT2D eigenvalue weighted by Gasteiger charge is 2.09. The second kappa shape index (κ2) is 9.10. The van der Waals surface area contributed by atoms with Crippen LogP contribution >= 0.6 is 0 Å². The van der Waals surface area contributed by atoms with E-state index in [0.29, 0.717) is 17.2 Å². The van der Waals surface area contributed by atoms with Crippen LogP contribution in [0.5, 0.6) is 11.5 Å². The summed E-state index contributed by atoms with van der Waals surface area (Å²) in [4.78, 5) is 16.8. The van der Waals surface area contributed by atoms with Crippen LogP contribution in [0.3, 0.4) is 0 Å². The molecule has 0 aliphatic heterocycles. The van der Waals surface area contributed by atoms with Crippen LogP contribution in [-0.2, 0) is 11.2 Å². The molecule has 1 amide bonds. The average molecular weight is 391 g/mol. The first kappa shape index (κ1) is 20.2. The molecule has 0 fully saturated rings. The van der Waals surface area contributed by atoms with Crippen molar-refractivity contribution < 1.29 is 14.3 Å². The molecule has 0 bridgehead atoms. The van der Waals surface area contributed by atoms with Crippen LogP contribution in [0.2, 0.25) is 0 Å². The molecule has 6 heteroatoms. The Morgan fingerprint density at radius 2 is 1.76 bits per heavy atom. The maximum Gasteiger partial charge on any atom is 0.228 e. The summed E-state index contributed by atoms with van der Waals surface area (Å²) in [5.41, 5.74) is 4.81. The molecule has 0 aliphatic carbocycles. The Morgan fingerprint density at radius 1 is 0.966 bits per heavy atom. The zero-order chi connectivity index (χ0) is 20.8. The van der Waals surface area contributed by atoms with Crippen molar-refractivity contribution in [1.29, 1.82) is 0 Å². The third-order valence-corrected chi connectivity index (χ3v) is 4.52. The molecule has 3 aromatic rings. The summed E-state index contributed by atoms with van der Waals surface area (Å²) in [7, 11) is 3.15. The SMILES string of the molecule is COc1ccc(CC(=O)Nc2ccc(Nc3cc(C)ccc3C)nc2)cc1OC. The molecule has 1 aromatic heterocycles. The van der Waals surface area contributed by atoms with E-state index in [1.165, 1.54) is 5.56 Å². The molecule has 0 saturated heterocycles. The largest absolute Gasteiger partial charge is 0.493 e. The molecule has 2 aromatic carbocycles. The smallest absolute Gasteiger partial charge is 0.228 e. The Kier molecular flexibility index (Phi) is 6.34.